The molecule has 114 valence electrons. The predicted molar refractivity (Wildman–Crippen MR) is 87.8 cm³/mol. The molecule has 1 N–H and O–H groups in total. The maximum atomic E-state index is 12.3. The number of nitrogens with one attached hydrogen (secondary N) is 1. The van der Waals surface area contributed by atoms with Crippen molar-refractivity contribution in [3.8, 4) is 0 Å². The summed E-state index contributed by atoms with van der Waals surface area (Å²) in [6, 6.07) is 13.6. The molecule has 0 saturated carbocycles. The van der Waals surface area contributed by atoms with Gasteiger partial charge in [0.15, 0.2) is 0 Å². The second-order valence-corrected chi connectivity index (χ2v) is 6.84. The molecule has 1 aromatic carbocycles. The van der Waals surface area contributed by atoms with Gasteiger partial charge in [0.05, 0.1) is 12.5 Å². The summed E-state index contributed by atoms with van der Waals surface area (Å²) < 4.78 is 0. The number of thiophene rings is 1. The Kier molecular flexibility index (Phi) is 4.24. The van der Waals surface area contributed by atoms with Crippen molar-refractivity contribution in [2.75, 3.05) is 11.4 Å². The lowest BCUT2D eigenvalue weighted by molar-refractivity contribution is -0.126. The third-order valence-corrected chi connectivity index (χ3v) is 4.80. The van der Waals surface area contributed by atoms with Crippen LogP contribution >= 0.6 is 11.3 Å². The minimum absolute atomic E-state index is 0.0123. The summed E-state index contributed by atoms with van der Waals surface area (Å²) >= 11 is 1.68. The lowest BCUT2D eigenvalue weighted by atomic mass is 10.1. The van der Waals surface area contributed by atoms with E-state index in [1.54, 1.807) is 16.2 Å². The topological polar surface area (TPSA) is 49.4 Å². The van der Waals surface area contributed by atoms with Crippen molar-refractivity contribution in [2.24, 2.45) is 5.92 Å². The Morgan fingerprint density at radius 2 is 2.05 bits per heavy atom. The number of para-hydroxylation sites is 1. The molecule has 0 aliphatic carbocycles. The Hall–Kier alpha value is -2.14. The van der Waals surface area contributed by atoms with Crippen LogP contribution in [0.3, 0.4) is 0 Å². The largest absolute Gasteiger partial charge is 0.351 e. The number of rotatable bonds is 4. The van der Waals surface area contributed by atoms with E-state index in [0.717, 1.165) is 10.6 Å². The first-order valence-corrected chi connectivity index (χ1v) is 8.13. The molecule has 2 aromatic rings. The summed E-state index contributed by atoms with van der Waals surface area (Å²) in [5.41, 5.74) is 0.858. The van der Waals surface area contributed by atoms with Gasteiger partial charge in [0.25, 0.3) is 0 Å². The van der Waals surface area contributed by atoms with Crippen molar-refractivity contribution < 1.29 is 9.59 Å². The van der Waals surface area contributed by atoms with E-state index in [2.05, 4.69) is 5.32 Å². The first kappa shape index (κ1) is 14.8. The number of hydrogen-bond acceptors (Lipinski definition) is 3. The molecule has 3 rings (SSSR count). The highest BCUT2D eigenvalue weighted by molar-refractivity contribution is 7.11. The van der Waals surface area contributed by atoms with Gasteiger partial charge in [-0.25, -0.2) is 0 Å². The van der Waals surface area contributed by atoms with Gasteiger partial charge in [-0.1, -0.05) is 18.2 Å². The average Bonchev–Trinajstić information content (AvgIpc) is 3.12. The van der Waals surface area contributed by atoms with Crippen LogP contribution in [-0.2, 0) is 16.1 Å². The first-order valence-electron chi connectivity index (χ1n) is 7.32. The Morgan fingerprint density at radius 1 is 1.27 bits per heavy atom. The van der Waals surface area contributed by atoms with E-state index >= 15 is 0 Å². The standard InChI is InChI=1S/C17H18N2O2S/c1-12-7-8-15(22-12)10-18-17(21)13-9-16(20)19(11-13)14-5-3-2-4-6-14/h2-8,13H,9-11H2,1H3,(H,18,21)/t13-/m1/s1. The second kappa shape index (κ2) is 6.32. The summed E-state index contributed by atoms with van der Waals surface area (Å²) in [4.78, 5) is 28.4. The molecule has 1 saturated heterocycles. The molecule has 0 spiro atoms. The van der Waals surface area contributed by atoms with E-state index in [0.29, 0.717) is 13.1 Å². The van der Waals surface area contributed by atoms with Gasteiger partial charge in [-0.2, -0.15) is 0 Å². The van der Waals surface area contributed by atoms with Crippen molar-refractivity contribution in [1.82, 2.24) is 5.32 Å². The Labute approximate surface area is 133 Å². The van der Waals surface area contributed by atoms with Gasteiger partial charge >= 0.3 is 0 Å². The molecule has 1 aliphatic heterocycles. The van der Waals surface area contributed by atoms with Crippen LogP contribution in [0.1, 0.15) is 16.2 Å². The minimum Gasteiger partial charge on any atom is -0.351 e. The normalized spacial score (nSPS) is 17.8. The van der Waals surface area contributed by atoms with Crippen molar-refractivity contribution in [3.63, 3.8) is 0 Å². The maximum absolute atomic E-state index is 12.3. The van der Waals surface area contributed by atoms with Gasteiger partial charge in [-0.05, 0) is 31.2 Å². The zero-order valence-electron chi connectivity index (χ0n) is 12.4. The number of aryl methyl sites for hydroxylation is 1. The molecule has 4 nitrogen and oxygen atoms in total. The molecule has 1 fully saturated rings. The summed E-state index contributed by atoms with van der Waals surface area (Å²) in [6.07, 6.45) is 0.282. The minimum atomic E-state index is -0.270. The number of anilines is 1. The lowest BCUT2D eigenvalue weighted by Crippen LogP contribution is -2.32. The van der Waals surface area contributed by atoms with Crippen LogP contribution in [0.4, 0.5) is 5.69 Å². The van der Waals surface area contributed by atoms with Crippen LogP contribution in [0.5, 0.6) is 0 Å². The number of nitrogens with zero attached hydrogens (tertiary/aromatic N) is 1. The van der Waals surface area contributed by atoms with Crippen molar-refractivity contribution in [1.29, 1.82) is 0 Å². The number of benzene rings is 1. The average molecular weight is 314 g/mol. The van der Waals surface area contributed by atoms with E-state index in [1.807, 2.05) is 49.4 Å². The van der Waals surface area contributed by atoms with Crippen LogP contribution in [0.15, 0.2) is 42.5 Å². The van der Waals surface area contributed by atoms with Crippen molar-refractivity contribution in [3.05, 3.63) is 52.2 Å². The molecule has 1 aromatic heterocycles. The number of hydrogen-bond donors (Lipinski definition) is 1. The van der Waals surface area contributed by atoms with Gasteiger partial charge in [0, 0.05) is 28.4 Å². The molecule has 22 heavy (non-hydrogen) atoms. The molecule has 0 unspecified atom stereocenters. The van der Waals surface area contributed by atoms with Crippen LogP contribution in [-0.4, -0.2) is 18.4 Å². The number of amides is 2. The Morgan fingerprint density at radius 3 is 2.73 bits per heavy atom. The van der Waals surface area contributed by atoms with Gasteiger partial charge in [0.2, 0.25) is 11.8 Å². The summed E-state index contributed by atoms with van der Waals surface area (Å²) in [5, 5.41) is 2.94. The van der Waals surface area contributed by atoms with Crippen LogP contribution in [0.2, 0.25) is 0 Å². The van der Waals surface area contributed by atoms with E-state index < -0.39 is 0 Å². The predicted octanol–water partition coefficient (Wildman–Crippen LogP) is 2.73. The summed E-state index contributed by atoms with van der Waals surface area (Å²) in [5.74, 6) is -0.301. The van der Waals surface area contributed by atoms with E-state index in [9.17, 15) is 9.59 Å². The third kappa shape index (κ3) is 3.20. The molecule has 0 bridgehead atoms. The maximum Gasteiger partial charge on any atom is 0.227 e. The quantitative estimate of drug-likeness (QED) is 0.943. The fourth-order valence-corrected chi connectivity index (χ4v) is 3.47. The van der Waals surface area contributed by atoms with Gasteiger partial charge in [0.1, 0.15) is 0 Å². The van der Waals surface area contributed by atoms with Crippen LogP contribution < -0.4 is 10.2 Å². The molecule has 1 aliphatic rings. The fraction of sp³-hybridized carbons (Fsp3) is 0.294. The van der Waals surface area contributed by atoms with E-state index in [-0.39, 0.29) is 24.2 Å². The second-order valence-electron chi connectivity index (χ2n) is 5.47. The lowest BCUT2D eigenvalue weighted by Gasteiger charge is -2.16. The molecule has 0 radical (unpaired) electrons. The van der Waals surface area contributed by atoms with E-state index in [1.165, 1.54) is 4.88 Å². The zero-order valence-corrected chi connectivity index (χ0v) is 13.2. The fourth-order valence-electron chi connectivity index (χ4n) is 2.64. The van der Waals surface area contributed by atoms with Crippen LogP contribution in [0, 0.1) is 12.8 Å². The number of carbonyl (C=O) groups excluding carboxylic acids is 2. The van der Waals surface area contributed by atoms with Gasteiger partial charge in [-0.15, -0.1) is 11.3 Å². The van der Waals surface area contributed by atoms with E-state index in [4.69, 9.17) is 0 Å². The summed E-state index contributed by atoms with van der Waals surface area (Å²) in [7, 11) is 0. The molecule has 2 heterocycles. The van der Waals surface area contributed by atoms with Gasteiger partial charge < -0.3 is 10.2 Å². The van der Waals surface area contributed by atoms with Crippen LogP contribution in [0.25, 0.3) is 0 Å². The Bertz CT molecular complexity index is 681. The first-order chi connectivity index (χ1) is 10.6. The zero-order chi connectivity index (χ0) is 15.5. The monoisotopic (exact) mass is 314 g/mol. The third-order valence-electron chi connectivity index (χ3n) is 3.80. The van der Waals surface area contributed by atoms with Crippen molar-refractivity contribution in [2.45, 2.75) is 19.9 Å². The highest BCUT2D eigenvalue weighted by atomic mass is 32.1. The number of carbonyl (C=O) groups is 2. The highest BCUT2D eigenvalue weighted by Crippen LogP contribution is 2.25. The molecule has 2 amide bonds. The smallest absolute Gasteiger partial charge is 0.227 e. The van der Waals surface area contributed by atoms with Gasteiger partial charge in [-0.3, -0.25) is 9.59 Å². The molecular weight excluding hydrogens is 296 g/mol. The van der Waals surface area contributed by atoms with Crippen molar-refractivity contribution >= 4 is 28.8 Å². The summed E-state index contributed by atoms with van der Waals surface area (Å²) in [6.45, 7) is 3.04. The Balaban J connectivity index is 1.59. The molecule has 5 heteroatoms. The highest BCUT2D eigenvalue weighted by Gasteiger charge is 2.34. The SMILES string of the molecule is Cc1ccc(CNC(=O)[C@@H]2CC(=O)N(c3ccccc3)C2)s1. The molecular formula is C17H18N2O2S. The molecule has 1 atom stereocenters.